The highest BCUT2D eigenvalue weighted by Gasteiger charge is 2.42. The minimum absolute atomic E-state index is 0.163. The maximum absolute atomic E-state index is 12.3. The van der Waals surface area contributed by atoms with Crippen LogP contribution in [-0.2, 0) is 9.53 Å². The molecule has 0 saturated carbocycles. The Morgan fingerprint density at radius 3 is 2.92 bits per heavy atom. The van der Waals surface area contributed by atoms with Crippen molar-refractivity contribution in [1.82, 2.24) is 14.9 Å². The van der Waals surface area contributed by atoms with Crippen molar-refractivity contribution in [3.8, 4) is 0 Å². The minimum Gasteiger partial charge on any atom is -0.385 e. The standard InChI is InChI=1S/C19H31N5O2/c1-22(2)16-7-10-20-18(21-16)24-11-4-8-19(15-24)9-6-17(25)23(14-19)12-5-13-26-3/h7,10H,4-6,8-9,11-15H2,1-3H3. The van der Waals surface area contributed by atoms with E-state index in [0.717, 1.165) is 57.2 Å². The number of carbonyl (C=O) groups excluding carboxylic acids is 1. The Morgan fingerprint density at radius 2 is 2.15 bits per heavy atom. The van der Waals surface area contributed by atoms with Crippen LogP contribution in [-0.4, -0.2) is 74.8 Å². The molecule has 1 unspecified atom stereocenters. The van der Waals surface area contributed by atoms with Gasteiger partial charge in [0.25, 0.3) is 0 Å². The van der Waals surface area contributed by atoms with Gasteiger partial charge in [-0.05, 0) is 31.7 Å². The number of nitrogens with zero attached hydrogens (tertiary/aromatic N) is 5. The average Bonchev–Trinajstić information content (AvgIpc) is 2.65. The fraction of sp³-hybridized carbons (Fsp3) is 0.737. The van der Waals surface area contributed by atoms with E-state index in [1.54, 1.807) is 7.11 Å². The van der Waals surface area contributed by atoms with Crippen LogP contribution in [0.25, 0.3) is 0 Å². The van der Waals surface area contributed by atoms with Crippen LogP contribution in [0.4, 0.5) is 11.8 Å². The monoisotopic (exact) mass is 361 g/mol. The Labute approximate surface area is 156 Å². The van der Waals surface area contributed by atoms with Crippen molar-refractivity contribution in [2.45, 2.75) is 32.1 Å². The van der Waals surface area contributed by atoms with Gasteiger partial charge in [-0.1, -0.05) is 0 Å². The Morgan fingerprint density at radius 1 is 1.31 bits per heavy atom. The number of aromatic nitrogens is 2. The Hall–Kier alpha value is -1.89. The third-order valence-corrected chi connectivity index (χ3v) is 5.56. The molecule has 2 aliphatic heterocycles. The minimum atomic E-state index is 0.163. The molecule has 1 amide bonds. The van der Waals surface area contributed by atoms with Gasteiger partial charge >= 0.3 is 0 Å². The summed E-state index contributed by atoms with van der Waals surface area (Å²) in [5.74, 6) is 2.02. The van der Waals surface area contributed by atoms with Crippen molar-refractivity contribution in [3.63, 3.8) is 0 Å². The van der Waals surface area contributed by atoms with E-state index in [1.165, 1.54) is 6.42 Å². The van der Waals surface area contributed by atoms with Gasteiger partial charge in [-0.2, -0.15) is 4.98 Å². The van der Waals surface area contributed by atoms with Crippen LogP contribution in [0, 0.1) is 5.41 Å². The summed E-state index contributed by atoms with van der Waals surface area (Å²) in [5, 5.41) is 0. The quantitative estimate of drug-likeness (QED) is 0.720. The van der Waals surface area contributed by atoms with Gasteiger partial charge in [-0.3, -0.25) is 4.79 Å². The van der Waals surface area contributed by atoms with Crippen molar-refractivity contribution >= 4 is 17.7 Å². The van der Waals surface area contributed by atoms with Gasteiger partial charge in [0.1, 0.15) is 5.82 Å². The van der Waals surface area contributed by atoms with E-state index in [2.05, 4.69) is 9.88 Å². The Bertz CT molecular complexity index is 624. The van der Waals surface area contributed by atoms with E-state index in [0.29, 0.717) is 13.0 Å². The first kappa shape index (κ1) is 18.9. The second-order valence-corrected chi connectivity index (χ2v) is 7.80. The average molecular weight is 361 g/mol. The van der Waals surface area contributed by atoms with Crippen LogP contribution < -0.4 is 9.80 Å². The molecule has 2 aliphatic rings. The predicted molar refractivity (Wildman–Crippen MR) is 103 cm³/mol. The van der Waals surface area contributed by atoms with E-state index >= 15 is 0 Å². The molecule has 1 atom stereocenters. The summed E-state index contributed by atoms with van der Waals surface area (Å²) in [6.07, 6.45) is 6.65. The highest BCUT2D eigenvalue weighted by Crippen LogP contribution is 2.39. The van der Waals surface area contributed by atoms with Crippen LogP contribution in [0.5, 0.6) is 0 Å². The van der Waals surface area contributed by atoms with Gasteiger partial charge in [-0.25, -0.2) is 4.98 Å². The number of anilines is 2. The molecular formula is C19H31N5O2. The number of carbonyl (C=O) groups is 1. The lowest BCUT2D eigenvalue weighted by atomic mass is 9.73. The summed E-state index contributed by atoms with van der Waals surface area (Å²) < 4.78 is 5.14. The lowest BCUT2D eigenvalue weighted by Gasteiger charge is -2.48. The smallest absolute Gasteiger partial charge is 0.227 e. The van der Waals surface area contributed by atoms with Crippen molar-refractivity contribution < 1.29 is 9.53 Å². The van der Waals surface area contributed by atoms with Gasteiger partial charge in [0, 0.05) is 72.0 Å². The van der Waals surface area contributed by atoms with E-state index in [4.69, 9.17) is 9.72 Å². The van der Waals surface area contributed by atoms with Crippen LogP contribution >= 0.6 is 0 Å². The number of ether oxygens (including phenoxy) is 1. The fourth-order valence-electron chi connectivity index (χ4n) is 4.16. The summed E-state index contributed by atoms with van der Waals surface area (Å²) in [4.78, 5) is 27.9. The highest BCUT2D eigenvalue weighted by molar-refractivity contribution is 5.77. The molecule has 1 spiro atoms. The van der Waals surface area contributed by atoms with Crippen LogP contribution in [0.1, 0.15) is 32.1 Å². The van der Waals surface area contributed by atoms with Gasteiger partial charge in [0.2, 0.25) is 11.9 Å². The van der Waals surface area contributed by atoms with Crippen LogP contribution in [0.3, 0.4) is 0 Å². The van der Waals surface area contributed by atoms with Gasteiger partial charge in [-0.15, -0.1) is 0 Å². The van der Waals surface area contributed by atoms with Gasteiger partial charge in [0.05, 0.1) is 0 Å². The summed E-state index contributed by atoms with van der Waals surface area (Å²) >= 11 is 0. The number of piperidine rings is 2. The van der Waals surface area contributed by atoms with Crippen LogP contribution in [0.15, 0.2) is 12.3 Å². The molecular weight excluding hydrogens is 330 g/mol. The zero-order valence-corrected chi connectivity index (χ0v) is 16.3. The first-order chi connectivity index (χ1) is 12.5. The molecule has 0 N–H and O–H groups in total. The second kappa shape index (κ2) is 8.20. The summed E-state index contributed by atoms with van der Waals surface area (Å²) in [5.41, 5.74) is 0.163. The number of hydrogen-bond donors (Lipinski definition) is 0. The van der Waals surface area contributed by atoms with Crippen molar-refractivity contribution in [1.29, 1.82) is 0 Å². The van der Waals surface area contributed by atoms with Crippen molar-refractivity contribution in [2.24, 2.45) is 5.41 Å². The van der Waals surface area contributed by atoms with E-state index < -0.39 is 0 Å². The van der Waals surface area contributed by atoms with E-state index in [-0.39, 0.29) is 11.3 Å². The molecule has 2 saturated heterocycles. The molecule has 7 nitrogen and oxygen atoms in total. The molecule has 7 heteroatoms. The lowest BCUT2D eigenvalue weighted by molar-refractivity contribution is -0.138. The zero-order chi connectivity index (χ0) is 18.6. The van der Waals surface area contributed by atoms with E-state index in [1.807, 2.05) is 36.2 Å². The molecule has 144 valence electrons. The first-order valence-electron chi connectivity index (χ1n) is 9.55. The summed E-state index contributed by atoms with van der Waals surface area (Å²) in [6, 6.07) is 1.93. The molecule has 2 fully saturated rings. The zero-order valence-electron chi connectivity index (χ0n) is 16.3. The van der Waals surface area contributed by atoms with Crippen molar-refractivity contribution in [3.05, 3.63) is 12.3 Å². The lowest BCUT2D eigenvalue weighted by Crippen LogP contribution is -2.54. The molecule has 3 heterocycles. The Balaban J connectivity index is 1.70. The third kappa shape index (κ3) is 4.26. The van der Waals surface area contributed by atoms with E-state index in [9.17, 15) is 4.79 Å². The summed E-state index contributed by atoms with van der Waals surface area (Å²) in [7, 11) is 5.70. The van der Waals surface area contributed by atoms with Gasteiger partial charge < -0.3 is 19.4 Å². The molecule has 0 radical (unpaired) electrons. The molecule has 0 aliphatic carbocycles. The molecule has 0 bridgehead atoms. The number of methoxy groups -OCH3 is 1. The third-order valence-electron chi connectivity index (χ3n) is 5.56. The molecule has 1 aromatic heterocycles. The first-order valence-corrected chi connectivity index (χ1v) is 9.55. The van der Waals surface area contributed by atoms with Crippen molar-refractivity contribution in [2.75, 3.05) is 63.8 Å². The van der Waals surface area contributed by atoms with Gasteiger partial charge in [0.15, 0.2) is 0 Å². The Kier molecular flexibility index (Phi) is 5.96. The normalized spacial score (nSPS) is 23.6. The SMILES string of the molecule is COCCCN1CC2(CCCN(c3nccc(N(C)C)n3)C2)CCC1=O. The molecule has 0 aromatic carbocycles. The van der Waals surface area contributed by atoms with Crippen LogP contribution in [0.2, 0.25) is 0 Å². The number of likely N-dealkylation sites (tertiary alicyclic amines) is 1. The molecule has 3 rings (SSSR count). The highest BCUT2D eigenvalue weighted by atomic mass is 16.5. The fourth-order valence-corrected chi connectivity index (χ4v) is 4.16. The largest absolute Gasteiger partial charge is 0.385 e. The second-order valence-electron chi connectivity index (χ2n) is 7.80. The maximum atomic E-state index is 12.3. The summed E-state index contributed by atoms with van der Waals surface area (Å²) in [6.45, 7) is 4.25. The number of hydrogen-bond acceptors (Lipinski definition) is 6. The topological polar surface area (TPSA) is 61.8 Å². The number of amides is 1. The molecule has 26 heavy (non-hydrogen) atoms. The predicted octanol–water partition coefficient (Wildman–Crippen LogP) is 1.79. The number of rotatable bonds is 6. The maximum Gasteiger partial charge on any atom is 0.227 e. The molecule has 1 aromatic rings.